The second kappa shape index (κ2) is 6.48. The van der Waals surface area contributed by atoms with Crippen molar-refractivity contribution in [3.8, 4) is 11.8 Å². The summed E-state index contributed by atoms with van der Waals surface area (Å²) in [6.07, 6.45) is 1.79. The van der Waals surface area contributed by atoms with Crippen molar-refractivity contribution in [3.63, 3.8) is 0 Å². The molecule has 25 heavy (non-hydrogen) atoms. The summed E-state index contributed by atoms with van der Waals surface area (Å²) in [6, 6.07) is 13.2. The molecule has 1 aromatic carbocycles. The third-order valence-corrected chi connectivity index (χ3v) is 3.75. The first kappa shape index (κ1) is 16.8. The zero-order valence-corrected chi connectivity index (χ0v) is 14.6. The van der Waals surface area contributed by atoms with Crippen LogP contribution in [0.5, 0.6) is 5.75 Å². The van der Waals surface area contributed by atoms with E-state index in [4.69, 9.17) is 14.7 Å². The van der Waals surface area contributed by atoms with Crippen molar-refractivity contribution in [3.05, 3.63) is 48.2 Å². The number of ether oxygens (including phenoxy) is 2. The van der Waals surface area contributed by atoms with E-state index in [9.17, 15) is 4.79 Å². The molecule has 2 heterocycles. The fourth-order valence-electron chi connectivity index (χ4n) is 2.69. The number of carbonyl (C=O) groups is 1. The average molecular weight is 336 g/mol. The maximum Gasteiger partial charge on any atom is 0.340 e. The molecule has 3 rings (SSSR count). The molecule has 0 bridgehead atoms. The normalized spacial score (nSPS) is 11.4. The number of carbonyl (C=O) groups excluding carboxylic acids is 1. The van der Waals surface area contributed by atoms with Crippen molar-refractivity contribution in [2.75, 3.05) is 13.2 Å². The quantitative estimate of drug-likeness (QED) is 0.670. The Morgan fingerprint density at radius 3 is 2.64 bits per heavy atom. The summed E-state index contributed by atoms with van der Waals surface area (Å²) < 4.78 is 12.8. The van der Waals surface area contributed by atoms with Crippen LogP contribution in [0.3, 0.4) is 0 Å². The Balaban J connectivity index is 2.10. The van der Waals surface area contributed by atoms with Crippen molar-refractivity contribution in [1.29, 1.82) is 5.26 Å². The first-order valence-corrected chi connectivity index (χ1v) is 8.10. The number of para-hydroxylation sites is 1. The lowest BCUT2D eigenvalue weighted by Gasteiger charge is -2.17. The average Bonchev–Trinajstić information content (AvgIpc) is 2.91. The molecule has 3 aromatic rings. The van der Waals surface area contributed by atoms with E-state index in [0.717, 1.165) is 16.4 Å². The van der Waals surface area contributed by atoms with Crippen LogP contribution >= 0.6 is 0 Å². The number of pyridine rings is 1. The molecule has 0 spiro atoms. The van der Waals surface area contributed by atoms with Gasteiger partial charge in [0.1, 0.15) is 11.8 Å². The Kier molecular flexibility index (Phi) is 4.37. The summed E-state index contributed by atoms with van der Waals surface area (Å²) in [5, 5.41) is 9.50. The number of nitriles is 1. The van der Waals surface area contributed by atoms with E-state index in [0.29, 0.717) is 17.9 Å². The molecular weight excluding hydrogens is 316 g/mol. The molecule has 2 aromatic heterocycles. The van der Waals surface area contributed by atoms with Gasteiger partial charge in [0.05, 0.1) is 29.4 Å². The minimum atomic E-state index is -0.334. The van der Waals surface area contributed by atoms with E-state index in [1.165, 1.54) is 0 Å². The van der Waals surface area contributed by atoms with Gasteiger partial charge in [-0.15, -0.1) is 0 Å². The summed E-state index contributed by atoms with van der Waals surface area (Å²) in [4.78, 5) is 12.7. The highest BCUT2D eigenvalue weighted by molar-refractivity contribution is 6.11. The SMILES string of the molecule is CC(C)(C)COC(=O)c1c2ccccc2n2cc(OCC#N)ccc12. The summed E-state index contributed by atoms with van der Waals surface area (Å²) >= 11 is 0. The van der Waals surface area contributed by atoms with Crippen molar-refractivity contribution >= 4 is 22.4 Å². The monoisotopic (exact) mass is 336 g/mol. The molecule has 0 aliphatic heterocycles. The predicted molar refractivity (Wildman–Crippen MR) is 95.7 cm³/mol. The molecule has 5 nitrogen and oxygen atoms in total. The van der Waals surface area contributed by atoms with Gasteiger partial charge in [-0.05, 0) is 23.6 Å². The molecule has 0 radical (unpaired) electrons. The van der Waals surface area contributed by atoms with Crippen LogP contribution < -0.4 is 4.74 Å². The van der Waals surface area contributed by atoms with Gasteiger partial charge in [0, 0.05) is 5.39 Å². The number of hydrogen-bond donors (Lipinski definition) is 0. The molecule has 0 saturated heterocycles. The van der Waals surface area contributed by atoms with Crippen molar-refractivity contribution in [1.82, 2.24) is 4.40 Å². The van der Waals surface area contributed by atoms with Gasteiger partial charge in [-0.25, -0.2) is 4.79 Å². The molecule has 0 N–H and O–H groups in total. The highest BCUT2D eigenvalue weighted by Gasteiger charge is 2.21. The Morgan fingerprint density at radius 1 is 1.16 bits per heavy atom. The van der Waals surface area contributed by atoms with E-state index in [2.05, 4.69) is 0 Å². The van der Waals surface area contributed by atoms with Gasteiger partial charge < -0.3 is 13.9 Å². The lowest BCUT2D eigenvalue weighted by Crippen LogP contribution is -2.18. The molecule has 0 saturated carbocycles. The Labute approximate surface area is 146 Å². The second-order valence-electron chi connectivity index (χ2n) is 7.10. The number of esters is 1. The summed E-state index contributed by atoms with van der Waals surface area (Å²) in [5.74, 6) is 0.240. The second-order valence-corrected chi connectivity index (χ2v) is 7.10. The van der Waals surface area contributed by atoms with Gasteiger partial charge >= 0.3 is 5.97 Å². The van der Waals surface area contributed by atoms with Crippen molar-refractivity contribution in [2.45, 2.75) is 20.8 Å². The van der Waals surface area contributed by atoms with E-state index in [-0.39, 0.29) is 18.0 Å². The van der Waals surface area contributed by atoms with Crippen LogP contribution in [-0.2, 0) is 4.74 Å². The minimum absolute atomic E-state index is 0.0226. The third kappa shape index (κ3) is 3.43. The topological polar surface area (TPSA) is 63.7 Å². The first-order valence-electron chi connectivity index (χ1n) is 8.10. The van der Waals surface area contributed by atoms with Gasteiger partial charge in [0.15, 0.2) is 6.61 Å². The molecule has 0 fully saturated rings. The molecule has 0 aliphatic carbocycles. The molecule has 5 heteroatoms. The van der Waals surface area contributed by atoms with E-state index in [1.807, 2.05) is 61.6 Å². The van der Waals surface area contributed by atoms with Crippen molar-refractivity contribution < 1.29 is 14.3 Å². The standard InChI is InChI=1S/C20H20N2O3/c1-20(2,3)13-25-19(23)18-15-6-4-5-7-16(15)22-12-14(24-11-10-21)8-9-17(18)22/h4-9,12H,11,13H2,1-3H3. The summed E-state index contributed by atoms with van der Waals surface area (Å²) in [7, 11) is 0. The maximum absolute atomic E-state index is 12.7. The summed E-state index contributed by atoms with van der Waals surface area (Å²) in [5.41, 5.74) is 2.10. The van der Waals surface area contributed by atoms with Gasteiger partial charge in [-0.3, -0.25) is 0 Å². The summed E-state index contributed by atoms with van der Waals surface area (Å²) in [6.45, 7) is 6.39. The largest absolute Gasteiger partial charge is 0.477 e. The van der Waals surface area contributed by atoms with Crippen LogP contribution in [0.25, 0.3) is 16.4 Å². The highest BCUT2D eigenvalue weighted by Crippen LogP contribution is 2.29. The minimum Gasteiger partial charge on any atom is -0.477 e. The lowest BCUT2D eigenvalue weighted by molar-refractivity contribution is 0.0371. The zero-order valence-electron chi connectivity index (χ0n) is 14.6. The van der Waals surface area contributed by atoms with Crippen LogP contribution in [0.1, 0.15) is 31.1 Å². The van der Waals surface area contributed by atoms with Crippen LogP contribution in [0, 0.1) is 16.7 Å². The molecular formula is C20H20N2O3. The molecule has 0 aliphatic rings. The first-order chi connectivity index (χ1) is 11.9. The third-order valence-electron chi connectivity index (χ3n) is 3.75. The number of hydrogen-bond acceptors (Lipinski definition) is 4. The molecule has 0 atom stereocenters. The number of benzene rings is 1. The van der Waals surface area contributed by atoms with Gasteiger partial charge in [0.2, 0.25) is 0 Å². The van der Waals surface area contributed by atoms with Gasteiger partial charge in [0.25, 0.3) is 0 Å². The molecule has 0 amide bonds. The van der Waals surface area contributed by atoms with Crippen LogP contribution in [0.15, 0.2) is 42.6 Å². The van der Waals surface area contributed by atoms with Gasteiger partial charge in [-0.1, -0.05) is 39.0 Å². The fourth-order valence-corrected chi connectivity index (χ4v) is 2.69. The van der Waals surface area contributed by atoms with E-state index in [1.54, 1.807) is 12.3 Å². The maximum atomic E-state index is 12.7. The smallest absolute Gasteiger partial charge is 0.340 e. The van der Waals surface area contributed by atoms with E-state index >= 15 is 0 Å². The van der Waals surface area contributed by atoms with Crippen molar-refractivity contribution in [2.24, 2.45) is 5.41 Å². The predicted octanol–water partition coefficient (Wildman–Crippen LogP) is 4.20. The Morgan fingerprint density at radius 2 is 1.92 bits per heavy atom. The number of aromatic nitrogens is 1. The molecule has 128 valence electrons. The van der Waals surface area contributed by atoms with E-state index < -0.39 is 0 Å². The zero-order chi connectivity index (χ0) is 18.0. The Bertz CT molecular complexity index is 974. The fraction of sp³-hybridized carbons (Fsp3) is 0.300. The number of fused-ring (bicyclic) bond motifs is 3. The van der Waals surface area contributed by atoms with Crippen LogP contribution in [0.2, 0.25) is 0 Å². The lowest BCUT2D eigenvalue weighted by atomic mass is 9.99. The van der Waals surface area contributed by atoms with Crippen LogP contribution in [-0.4, -0.2) is 23.6 Å². The highest BCUT2D eigenvalue weighted by atomic mass is 16.5. The Hall–Kier alpha value is -3.00. The number of rotatable bonds is 4. The number of nitrogens with zero attached hydrogens (tertiary/aromatic N) is 2. The van der Waals surface area contributed by atoms with Crippen LogP contribution in [0.4, 0.5) is 0 Å². The molecule has 0 unspecified atom stereocenters. The van der Waals surface area contributed by atoms with Gasteiger partial charge in [-0.2, -0.15) is 5.26 Å².